The smallest absolute Gasteiger partial charge is 0.227 e. The maximum Gasteiger partial charge on any atom is 0.227 e. The second kappa shape index (κ2) is 8.34. The molecule has 1 aliphatic carbocycles. The summed E-state index contributed by atoms with van der Waals surface area (Å²) in [7, 11) is 0. The average molecular weight is 413 g/mol. The van der Waals surface area contributed by atoms with Gasteiger partial charge in [-0.1, -0.05) is 36.4 Å². The fourth-order valence-electron chi connectivity index (χ4n) is 4.74. The van der Waals surface area contributed by atoms with E-state index >= 15 is 0 Å². The SMILES string of the molecule is O=C(NCc1cccnc1)C1CCCc2c1c1ccccc1n2Cc1cccc(F)c1. The molecule has 0 saturated heterocycles. The topological polar surface area (TPSA) is 46.9 Å². The van der Waals surface area contributed by atoms with Crippen LogP contribution in [0, 0.1) is 5.82 Å². The number of aromatic nitrogens is 2. The number of para-hydroxylation sites is 1. The molecule has 156 valence electrons. The van der Waals surface area contributed by atoms with Gasteiger partial charge in [0.2, 0.25) is 5.91 Å². The third-order valence-electron chi connectivity index (χ3n) is 6.11. The number of fused-ring (bicyclic) bond motifs is 3. The van der Waals surface area contributed by atoms with Crippen molar-refractivity contribution in [2.24, 2.45) is 0 Å². The van der Waals surface area contributed by atoms with Gasteiger partial charge in [0.15, 0.2) is 0 Å². The monoisotopic (exact) mass is 413 g/mol. The number of pyridine rings is 1. The maximum atomic E-state index is 13.8. The predicted octanol–water partition coefficient (Wildman–Crippen LogP) is 4.96. The fraction of sp³-hybridized carbons (Fsp3) is 0.231. The van der Waals surface area contributed by atoms with E-state index in [-0.39, 0.29) is 17.6 Å². The van der Waals surface area contributed by atoms with E-state index in [2.05, 4.69) is 27.0 Å². The number of nitrogens with one attached hydrogen (secondary N) is 1. The Morgan fingerprint density at radius 1 is 1.10 bits per heavy atom. The van der Waals surface area contributed by atoms with Gasteiger partial charge in [0.25, 0.3) is 0 Å². The lowest BCUT2D eigenvalue weighted by atomic mass is 9.84. The highest BCUT2D eigenvalue weighted by Crippen LogP contribution is 2.39. The zero-order valence-electron chi connectivity index (χ0n) is 17.2. The van der Waals surface area contributed by atoms with Crippen molar-refractivity contribution in [2.45, 2.75) is 38.3 Å². The molecule has 1 amide bonds. The number of hydrogen-bond donors (Lipinski definition) is 1. The quantitative estimate of drug-likeness (QED) is 0.503. The molecule has 1 aliphatic rings. The Kier molecular flexibility index (Phi) is 5.24. The van der Waals surface area contributed by atoms with Crippen LogP contribution in [0.25, 0.3) is 10.9 Å². The van der Waals surface area contributed by atoms with E-state index in [1.807, 2.05) is 30.3 Å². The number of amides is 1. The van der Waals surface area contributed by atoms with Gasteiger partial charge in [0.05, 0.1) is 5.92 Å². The molecular weight excluding hydrogens is 389 g/mol. The van der Waals surface area contributed by atoms with E-state index in [0.717, 1.165) is 46.9 Å². The largest absolute Gasteiger partial charge is 0.351 e. The lowest BCUT2D eigenvalue weighted by Gasteiger charge is -2.24. The number of benzene rings is 2. The minimum atomic E-state index is -0.226. The summed E-state index contributed by atoms with van der Waals surface area (Å²) in [6.45, 7) is 1.07. The van der Waals surface area contributed by atoms with Crippen LogP contribution < -0.4 is 5.32 Å². The van der Waals surface area contributed by atoms with Crippen LogP contribution in [0.2, 0.25) is 0 Å². The summed E-state index contributed by atoms with van der Waals surface area (Å²) in [5, 5.41) is 4.22. The number of halogens is 1. The van der Waals surface area contributed by atoms with Crippen molar-refractivity contribution in [1.82, 2.24) is 14.9 Å². The second-order valence-corrected chi connectivity index (χ2v) is 8.12. The van der Waals surface area contributed by atoms with Gasteiger partial charge in [-0.25, -0.2) is 4.39 Å². The Morgan fingerprint density at radius 3 is 2.81 bits per heavy atom. The van der Waals surface area contributed by atoms with E-state index in [0.29, 0.717) is 13.1 Å². The zero-order valence-corrected chi connectivity index (χ0v) is 17.2. The summed E-state index contributed by atoms with van der Waals surface area (Å²) in [5.41, 5.74) is 5.33. The van der Waals surface area contributed by atoms with Crippen molar-refractivity contribution in [3.05, 3.63) is 101 Å². The van der Waals surface area contributed by atoms with Gasteiger partial charge >= 0.3 is 0 Å². The number of carbonyl (C=O) groups excluding carboxylic acids is 1. The number of hydrogen-bond acceptors (Lipinski definition) is 2. The molecule has 2 aromatic carbocycles. The average Bonchev–Trinajstić information content (AvgIpc) is 3.12. The summed E-state index contributed by atoms with van der Waals surface area (Å²) in [4.78, 5) is 17.3. The first-order valence-electron chi connectivity index (χ1n) is 10.7. The molecule has 31 heavy (non-hydrogen) atoms. The van der Waals surface area contributed by atoms with E-state index < -0.39 is 0 Å². The maximum absolute atomic E-state index is 13.8. The van der Waals surface area contributed by atoms with Crippen molar-refractivity contribution in [3.63, 3.8) is 0 Å². The third-order valence-corrected chi connectivity index (χ3v) is 6.11. The van der Waals surface area contributed by atoms with Crippen molar-refractivity contribution >= 4 is 16.8 Å². The summed E-state index contributed by atoms with van der Waals surface area (Å²) < 4.78 is 16.0. The summed E-state index contributed by atoms with van der Waals surface area (Å²) in [5.74, 6) is -0.354. The minimum absolute atomic E-state index is 0.0541. The molecule has 0 saturated carbocycles. The normalized spacial score (nSPS) is 15.6. The van der Waals surface area contributed by atoms with Crippen molar-refractivity contribution < 1.29 is 9.18 Å². The Hall–Kier alpha value is -3.47. The Morgan fingerprint density at radius 2 is 1.97 bits per heavy atom. The van der Waals surface area contributed by atoms with Crippen LogP contribution >= 0.6 is 0 Å². The van der Waals surface area contributed by atoms with Gasteiger partial charge < -0.3 is 9.88 Å². The van der Waals surface area contributed by atoms with Crippen molar-refractivity contribution in [2.75, 3.05) is 0 Å². The third kappa shape index (κ3) is 3.83. The molecule has 0 bridgehead atoms. The van der Waals surface area contributed by atoms with Crippen LogP contribution in [0.3, 0.4) is 0 Å². The summed E-state index contributed by atoms with van der Waals surface area (Å²) in [6.07, 6.45) is 6.21. The lowest BCUT2D eigenvalue weighted by molar-refractivity contribution is -0.123. The van der Waals surface area contributed by atoms with Crippen LogP contribution in [0.5, 0.6) is 0 Å². The van der Waals surface area contributed by atoms with Gasteiger partial charge in [-0.15, -0.1) is 0 Å². The highest BCUT2D eigenvalue weighted by molar-refractivity contribution is 5.94. The molecule has 5 rings (SSSR count). The molecule has 5 heteroatoms. The first-order chi connectivity index (χ1) is 15.2. The van der Waals surface area contributed by atoms with Gasteiger partial charge in [0, 0.05) is 42.1 Å². The summed E-state index contributed by atoms with van der Waals surface area (Å²) in [6, 6.07) is 18.8. The van der Waals surface area contributed by atoms with Crippen LogP contribution in [0.15, 0.2) is 73.1 Å². The first kappa shape index (κ1) is 19.5. The first-order valence-corrected chi connectivity index (χ1v) is 10.7. The molecule has 0 aliphatic heterocycles. The van der Waals surface area contributed by atoms with E-state index in [4.69, 9.17) is 0 Å². The zero-order chi connectivity index (χ0) is 21.2. The van der Waals surface area contributed by atoms with Crippen LogP contribution in [-0.4, -0.2) is 15.5 Å². The molecule has 0 fully saturated rings. The molecule has 2 aromatic heterocycles. The van der Waals surface area contributed by atoms with Crippen LogP contribution in [0.4, 0.5) is 4.39 Å². The summed E-state index contributed by atoms with van der Waals surface area (Å²) >= 11 is 0. The van der Waals surface area contributed by atoms with Crippen molar-refractivity contribution in [3.8, 4) is 0 Å². The van der Waals surface area contributed by atoms with Gasteiger partial charge in [-0.3, -0.25) is 9.78 Å². The standard InChI is InChI=1S/C26H24FN3O/c27-20-8-3-6-18(14-20)17-30-23-11-2-1-9-21(23)25-22(10-4-12-24(25)30)26(31)29-16-19-7-5-13-28-15-19/h1-3,5-9,11,13-15,22H,4,10,12,16-17H2,(H,29,31). The molecule has 1 atom stereocenters. The number of rotatable bonds is 5. The van der Waals surface area contributed by atoms with E-state index in [9.17, 15) is 9.18 Å². The molecular formula is C26H24FN3O. The van der Waals surface area contributed by atoms with Gasteiger partial charge in [-0.05, 0) is 60.2 Å². The van der Waals surface area contributed by atoms with Gasteiger partial charge in [-0.2, -0.15) is 0 Å². The van der Waals surface area contributed by atoms with Gasteiger partial charge in [0.1, 0.15) is 5.82 Å². The molecule has 0 spiro atoms. The molecule has 2 heterocycles. The number of carbonyl (C=O) groups is 1. The molecule has 1 unspecified atom stereocenters. The Labute approximate surface area is 180 Å². The highest BCUT2D eigenvalue weighted by Gasteiger charge is 2.31. The Bertz CT molecular complexity index is 1230. The van der Waals surface area contributed by atoms with Crippen LogP contribution in [0.1, 0.15) is 41.1 Å². The van der Waals surface area contributed by atoms with Crippen LogP contribution in [-0.2, 0) is 24.3 Å². The molecule has 0 radical (unpaired) electrons. The Balaban J connectivity index is 1.50. The fourth-order valence-corrected chi connectivity index (χ4v) is 4.74. The lowest BCUT2D eigenvalue weighted by Crippen LogP contribution is -2.31. The van der Waals surface area contributed by atoms with E-state index in [1.54, 1.807) is 24.5 Å². The van der Waals surface area contributed by atoms with E-state index in [1.165, 1.54) is 11.8 Å². The second-order valence-electron chi connectivity index (χ2n) is 8.12. The molecule has 4 aromatic rings. The predicted molar refractivity (Wildman–Crippen MR) is 119 cm³/mol. The van der Waals surface area contributed by atoms with Crippen molar-refractivity contribution in [1.29, 1.82) is 0 Å². The molecule has 4 nitrogen and oxygen atoms in total. The molecule has 1 N–H and O–H groups in total. The highest BCUT2D eigenvalue weighted by atomic mass is 19.1. The number of nitrogens with zero attached hydrogens (tertiary/aromatic N) is 2. The minimum Gasteiger partial charge on any atom is -0.351 e.